The zero-order valence-electron chi connectivity index (χ0n) is 24.5. The van der Waals surface area contributed by atoms with E-state index in [4.69, 9.17) is 9.47 Å². The van der Waals surface area contributed by atoms with Crippen molar-refractivity contribution in [2.45, 2.75) is 32.0 Å². The largest absolute Gasteiger partial charge is 0.497 e. The molecule has 3 aliphatic rings. The first kappa shape index (κ1) is 29.2. The van der Waals surface area contributed by atoms with Crippen LogP contribution in [0.1, 0.15) is 24.3 Å². The van der Waals surface area contributed by atoms with Gasteiger partial charge in [0.25, 0.3) is 5.91 Å². The van der Waals surface area contributed by atoms with E-state index in [2.05, 4.69) is 16.7 Å². The number of piperazine rings is 2. The zero-order valence-corrected chi connectivity index (χ0v) is 24.5. The summed E-state index contributed by atoms with van der Waals surface area (Å²) in [6, 6.07) is 7.62. The summed E-state index contributed by atoms with van der Waals surface area (Å²) in [7, 11) is 3.51. The number of aromatic nitrogens is 1. The number of morpholine rings is 1. The third-order valence-corrected chi connectivity index (χ3v) is 8.88. The van der Waals surface area contributed by atoms with Crippen LogP contribution in [0.15, 0.2) is 24.3 Å². The van der Waals surface area contributed by atoms with Crippen LogP contribution in [0.2, 0.25) is 0 Å². The number of methoxy groups -OCH3 is 1. The van der Waals surface area contributed by atoms with Gasteiger partial charge in [-0.15, -0.1) is 0 Å². The lowest BCUT2D eigenvalue weighted by molar-refractivity contribution is -0.135. The van der Waals surface area contributed by atoms with E-state index in [0.717, 1.165) is 23.2 Å². The molecule has 3 unspecified atom stereocenters. The van der Waals surface area contributed by atoms with Crippen molar-refractivity contribution in [1.29, 1.82) is 0 Å². The summed E-state index contributed by atoms with van der Waals surface area (Å²) >= 11 is 0. The zero-order chi connectivity index (χ0) is 29.3. The van der Waals surface area contributed by atoms with Crippen LogP contribution in [0.3, 0.4) is 0 Å². The molecule has 4 heterocycles. The molecule has 12 nitrogen and oxygen atoms in total. The van der Waals surface area contributed by atoms with Gasteiger partial charge in [0.1, 0.15) is 11.4 Å². The van der Waals surface area contributed by atoms with Crippen molar-refractivity contribution in [2.24, 2.45) is 7.05 Å². The number of nitrogens with zero attached hydrogens (tertiary/aromatic N) is 6. The fourth-order valence-corrected chi connectivity index (χ4v) is 6.28. The van der Waals surface area contributed by atoms with E-state index in [1.54, 1.807) is 7.11 Å². The van der Waals surface area contributed by atoms with Gasteiger partial charge in [-0.2, -0.15) is 0 Å². The Morgan fingerprint density at radius 3 is 2.39 bits per heavy atom. The number of ether oxygens (including phenoxy) is 2. The first-order valence-electron chi connectivity index (χ1n) is 14.4. The minimum Gasteiger partial charge on any atom is -0.497 e. The van der Waals surface area contributed by atoms with E-state index < -0.39 is 6.09 Å². The minimum absolute atomic E-state index is 0.0183. The molecule has 0 saturated carbocycles. The van der Waals surface area contributed by atoms with Gasteiger partial charge in [-0.25, -0.2) is 4.79 Å². The second kappa shape index (κ2) is 12.3. The molecule has 224 valence electrons. The average Bonchev–Trinajstić information content (AvgIpc) is 3.30. The molecule has 0 bridgehead atoms. The molecule has 0 spiro atoms. The quantitative estimate of drug-likeness (QED) is 0.553. The molecule has 3 amide bonds. The lowest BCUT2D eigenvalue weighted by Crippen LogP contribution is -2.64. The standard InChI is InChI=1S/C29H42N6O6/c1-20-15-34(23(17-35(20)29(38)39)16-33-11-12-41-19-21(33)2)18-27(36)31-7-9-32(10-8-31)28(37)26-13-22-5-6-24(40-4)14-25(22)30(26)3/h5-6,13-14,20-21,23H,7-12,15-19H2,1-4H3,(H,38,39). The van der Waals surface area contributed by atoms with Gasteiger partial charge in [0.2, 0.25) is 5.91 Å². The summed E-state index contributed by atoms with van der Waals surface area (Å²) < 4.78 is 12.8. The van der Waals surface area contributed by atoms with Crippen LogP contribution in [-0.2, 0) is 16.6 Å². The van der Waals surface area contributed by atoms with Crippen LogP contribution in [0.4, 0.5) is 4.79 Å². The lowest BCUT2D eigenvalue weighted by Gasteiger charge is -2.47. The molecular formula is C29H42N6O6. The molecule has 0 radical (unpaired) electrons. The summed E-state index contributed by atoms with van der Waals surface area (Å²) in [6.45, 7) is 9.79. The van der Waals surface area contributed by atoms with E-state index in [-0.39, 0.29) is 36.5 Å². The maximum atomic E-state index is 13.5. The van der Waals surface area contributed by atoms with Crippen LogP contribution in [0.25, 0.3) is 10.9 Å². The van der Waals surface area contributed by atoms with Gasteiger partial charge in [-0.3, -0.25) is 19.4 Å². The first-order valence-corrected chi connectivity index (χ1v) is 14.4. The molecule has 1 aromatic heterocycles. The molecular weight excluding hydrogens is 528 g/mol. The van der Waals surface area contributed by atoms with E-state index >= 15 is 0 Å². The van der Waals surface area contributed by atoms with Crippen molar-refractivity contribution in [3.63, 3.8) is 0 Å². The van der Waals surface area contributed by atoms with Gasteiger partial charge in [-0.1, -0.05) is 0 Å². The number of carboxylic acid groups (broad SMARTS) is 1. The number of amides is 3. The highest BCUT2D eigenvalue weighted by Crippen LogP contribution is 2.25. The number of fused-ring (bicyclic) bond motifs is 1. The maximum Gasteiger partial charge on any atom is 0.407 e. The highest BCUT2D eigenvalue weighted by atomic mass is 16.5. The van der Waals surface area contributed by atoms with Gasteiger partial charge < -0.3 is 33.8 Å². The summed E-state index contributed by atoms with van der Waals surface area (Å²) in [4.78, 5) is 48.4. The minimum atomic E-state index is -0.922. The Kier molecular flexibility index (Phi) is 8.71. The third-order valence-electron chi connectivity index (χ3n) is 8.88. The molecule has 41 heavy (non-hydrogen) atoms. The summed E-state index contributed by atoms with van der Waals surface area (Å²) in [5.41, 5.74) is 1.54. The molecule has 12 heteroatoms. The van der Waals surface area contributed by atoms with Crippen molar-refractivity contribution in [3.8, 4) is 5.75 Å². The number of hydrogen-bond donors (Lipinski definition) is 1. The van der Waals surface area contributed by atoms with Gasteiger partial charge in [-0.05, 0) is 32.0 Å². The molecule has 0 aliphatic carbocycles. The monoisotopic (exact) mass is 570 g/mol. The maximum absolute atomic E-state index is 13.5. The number of hydrogen-bond acceptors (Lipinski definition) is 7. The molecule has 1 aromatic carbocycles. The predicted molar refractivity (Wildman–Crippen MR) is 153 cm³/mol. The van der Waals surface area contributed by atoms with Gasteiger partial charge in [0.15, 0.2) is 0 Å². The SMILES string of the molecule is COc1ccc2cc(C(=O)N3CCN(C(=O)CN4CC(C)N(C(=O)O)CC4CN4CCOCC4C)CC3)n(C)c2c1. The van der Waals surface area contributed by atoms with Crippen LogP contribution >= 0.6 is 0 Å². The molecule has 2 aromatic rings. The average molecular weight is 571 g/mol. The highest BCUT2D eigenvalue weighted by Gasteiger charge is 2.38. The Labute approximate surface area is 240 Å². The van der Waals surface area contributed by atoms with Crippen LogP contribution in [-0.4, -0.2) is 149 Å². The smallest absolute Gasteiger partial charge is 0.407 e. The molecule has 5 rings (SSSR count). The van der Waals surface area contributed by atoms with Crippen LogP contribution in [0, 0.1) is 0 Å². The van der Waals surface area contributed by atoms with Crippen molar-refractivity contribution in [3.05, 3.63) is 30.0 Å². The molecule has 1 N–H and O–H groups in total. The highest BCUT2D eigenvalue weighted by molar-refractivity contribution is 5.99. The number of aryl methyl sites for hydroxylation is 1. The molecule has 3 aliphatic heterocycles. The number of carbonyl (C=O) groups excluding carboxylic acids is 2. The summed E-state index contributed by atoms with van der Waals surface area (Å²) in [5.74, 6) is 0.711. The fraction of sp³-hybridized carbons (Fsp3) is 0.621. The molecule has 3 saturated heterocycles. The van der Waals surface area contributed by atoms with Crippen molar-refractivity contribution >= 4 is 28.8 Å². The van der Waals surface area contributed by atoms with Crippen molar-refractivity contribution in [2.75, 3.05) is 79.2 Å². The topological polar surface area (TPSA) is 111 Å². The van der Waals surface area contributed by atoms with Gasteiger partial charge in [0.05, 0.1) is 32.4 Å². The normalized spacial score (nSPS) is 24.6. The summed E-state index contributed by atoms with van der Waals surface area (Å²) in [5, 5.41) is 10.7. The number of benzene rings is 1. The number of rotatable bonds is 6. The first-order chi connectivity index (χ1) is 19.7. The van der Waals surface area contributed by atoms with Crippen LogP contribution < -0.4 is 4.74 Å². The lowest BCUT2D eigenvalue weighted by atomic mass is 10.1. The van der Waals surface area contributed by atoms with Crippen molar-refractivity contribution < 1.29 is 29.0 Å². The van der Waals surface area contributed by atoms with Gasteiger partial charge in [0, 0.05) is 89.0 Å². The number of carbonyl (C=O) groups is 3. The third kappa shape index (κ3) is 6.14. The Hall–Kier alpha value is -3.35. The Balaban J connectivity index is 1.21. The summed E-state index contributed by atoms with van der Waals surface area (Å²) in [6.07, 6.45) is -0.922. The van der Waals surface area contributed by atoms with E-state index in [1.165, 1.54) is 4.90 Å². The van der Waals surface area contributed by atoms with Crippen molar-refractivity contribution in [1.82, 2.24) is 29.1 Å². The fourth-order valence-electron chi connectivity index (χ4n) is 6.28. The molecule has 3 fully saturated rings. The van der Waals surface area contributed by atoms with E-state index in [0.29, 0.717) is 64.7 Å². The second-order valence-corrected chi connectivity index (χ2v) is 11.5. The Bertz CT molecular complexity index is 1270. The second-order valence-electron chi connectivity index (χ2n) is 11.5. The van der Waals surface area contributed by atoms with Gasteiger partial charge >= 0.3 is 6.09 Å². The predicted octanol–water partition coefficient (Wildman–Crippen LogP) is 1.24. The van der Waals surface area contributed by atoms with E-state index in [1.807, 2.05) is 52.6 Å². The van der Waals surface area contributed by atoms with E-state index in [9.17, 15) is 19.5 Å². The van der Waals surface area contributed by atoms with Crippen LogP contribution in [0.5, 0.6) is 5.75 Å². The Morgan fingerprint density at radius 2 is 1.71 bits per heavy atom. The molecule has 3 atom stereocenters. The Morgan fingerprint density at radius 1 is 0.976 bits per heavy atom.